The Bertz CT molecular complexity index is 958. The lowest BCUT2D eigenvalue weighted by molar-refractivity contribution is 0.355. The lowest BCUT2D eigenvalue weighted by Gasteiger charge is -2.10. The molecule has 0 aliphatic carbocycles. The Balaban J connectivity index is 2.23. The number of rotatable bonds is 4. The van der Waals surface area contributed by atoms with Crippen molar-refractivity contribution in [3.05, 3.63) is 46.8 Å². The summed E-state index contributed by atoms with van der Waals surface area (Å²) in [5.74, 6) is 1.12. The maximum atomic E-state index is 12.8. The van der Waals surface area contributed by atoms with E-state index >= 15 is 0 Å². The quantitative estimate of drug-likeness (QED) is 0.792. The Morgan fingerprint density at radius 1 is 0.958 bits per heavy atom. The van der Waals surface area contributed by atoms with Crippen molar-refractivity contribution in [3.8, 4) is 34.1 Å². The number of aromatic hydroxyl groups is 1. The largest absolute Gasteiger partial charge is 0.504 e. The maximum absolute atomic E-state index is 12.8. The molecule has 2 aromatic carbocycles. The Morgan fingerprint density at radius 3 is 2.38 bits per heavy atom. The molecule has 0 atom stereocenters. The third-order valence-corrected chi connectivity index (χ3v) is 3.77. The van der Waals surface area contributed by atoms with Gasteiger partial charge in [-0.3, -0.25) is 4.79 Å². The molecule has 124 valence electrons. The van der Waals surface area contributed by atoms with Crippen LogP contribution < -0.4 is 19.6 Å². The summed E-state index contributed by atoms with van der Waals surface area (Å²) >= 11 is 0. The summed E-state index contributed by atoms with van der Waals surface area (Å²) in [5, 5.41) is 10.1. The summed E-state index contributed by atoms with van der Waals surface area (Å²) in [7, 11) is 4.47. The lowest BCUT2D eigenvalue weighted by atomic mass is 10.0. The summed E-state index contributed by atoms with van der Waals surface area (Å²) in [6, 6.07) is 8.07. The van der Waals surface area contributed by atoms with Crippen molar-refractivity contribution < 1.29 is 23.7 Å². The molecule has 0 bridgehead atoms. The number of benzene rings is 2. The monoisotopic (exact) mass is 328 g/mol. The van der Waals surface area contributed by atoms with Crippen LogP contribution in [0.2, 0.25) is 0 Å². The van der Waals surface area contributed by atoms with Crippen molar-refractivity contribution >= 4 is 11.0 Å². The summed E-state index contributed by atoms with van der Waals surface area (Å²) in [6.45, 7) is 0. The van der Waals surface area contributed by atoms with Crippen molar-refractivity contribution in [2.24, 2.45) is 0 Å². The Morgan fingerprint density at radius 2 is 1.71 bits per heavy atom. The molecule has 0 aliphatic heterocycles. The van der Waals surface area contributed by atoms with Crippen LogP contribution in [0.1, 0.15) is 0 Å². The zero-order valence-corrected chi connectivity index (χ0v) is 13.5. The number of phenols is 1. The molecular formula is C18H16O6. The molecule has 24 heavy (non-hydrogen) atoms. The van der Waals surface area contributed by atoms with E-state index in [1.165, 1.54) is 32.6 Å². The molecule has 0 fully saturated rings. The van der Waals surface area contributed by atoms with E-state index in [0.717, 1.165) is 0 Å². The van der Waals surface area contributed by atoms with Gasteiger partial charge in [-0.1, -0.05) is 6.07 Å². The first-order chi connectivity index (χ1) is 11.6. The van der Waals surface area contributed by atoms with Gasteiger partial charge >= 0.3 is 0 Å². The molecule has 6 heteroatoms. The summed E-state index contributed by atoms with van der Waals surface area (Å²) in [4.78, 5) is 12.8. The molecule has 0 saturated carbocycles. The molecule has 0 amide bonds. The number of hydrogen-bond donors (Lipinski definition) is 1. The number of ether oxygens (including phenoxy) is 3. The molecule has 1 aromatic heterocycles. The first-order valence-corrected chi connectivity index (χ1v) is 7.14. The molecule has 0 unspecified atom stereocenters. The second-order valence-corrected chi connectivity index (χ2v) is 5.04. The number of phenolic OH excluding ortho intramolecular Hbond substituents is 1. The molecule has 1 N–H and O–H groups in total. The highest BCUT2D eigenvalue weighted by Gasteiger charge is 2.16. The minimum absolute atomic E-state index is 0.0907. The Kier molecular flexibility index (Phi) is 4.04. The van der Waals surface area contributed by atoms with E-state index in [1.807, 2.05) is 0 Å². The molecule has 3 rings (SSSR count). The van der Waals surface area contributed by atoms with E-state index in [-0.39, 0.29) is 22.5 Å². The fraction of sp³-hybridized carbons (Fsp3) is 0.167. The summed E-state index contributed by atoms with van der Waals surface area (Å²) < 4.78 is 21.1. The second-order valence-electron chi connectivity index (χ2n) is 5.04. The molecule has 0 spiro atoms. The first-order valence-electron chi connectivity index (χ1n) is 7.14. The molecule has 0 radical (unpaired) electrons. The average molecular weight is 328 g/mol. The van der Waals surface area contributed by atoms with Crippen LogP contribution in [0.15, 0.2) is 45.8 Å². The maximum Gasteiger partial charge on any atom is 0.204 e. The first kappa shape index (κ1) is 15.7. The van der Waals surface area contributed by atoms with Crippen LogP contribution in [0.4, 0.5) is 0 Å². The van der Waals surface area contributed by atoms with Gasteiger partial charge in [-0.2, -0.15) is 0 Å². The number of hydrogen-bond acceptors (Lipinski definition) is 6. The van der Waals surface area contributed by atoms with Crippen LogP contribution in [0.25, 0.3) is 22.1 Å². The van der Waals surface area contributed by atoms with E-state index in [0.29, 0.717) is 28.0 Å². The van der Waals surface area contributed by atoms with Crippen molar-refractivity contribution in [1.82, 2.24) is 0 Å². The standard InChI is InChI=1S/C18H16O6/c1-21-14-7-4-10(8-15(14)22-2)12-9-24-17-11(16(12)20)5-6-13(19)18(17)23-3/h4-9,19H,1-3H3. The highest BCUT2D eigenvalue weighted by atomic mass is 16.5. The van der Waals surface area contributed by atoms with Crippen LogP contribution in [-0.4, -0.2) is 26.4 Å². The van der Waals surface area contributed by atoms with Crippen molar-refractivity contribution in [2.45, 2.75) is 0 Å². The molecular weight excluding hydrogens is 312 g/mol. The van der Waals surface area contributed by atoms with Crippen LogP contribution in [0.3, 0.4) is 0 Å². The van der Waals surface area contributed by atoms with E-state index in [2.05, 4.69) is 0 Å². The fourth-order valence-corrected chi connectivity index (χ4v) is 2.56. The lowest BCUT2D eigenvalue weighted by Crippen LogP contribution is -2.05. The van der Waals surface area contributed by atoms with Gasteiger partial charge in [0.1, 0.15) is 6.26 Å². The second kappa shape index (κ2) is 6.16. The van der Waals surface area contributed by atoms with Crippen molar-refractivity contribution in [2.75, 3.05) is 21.3 Å². The van der Waals surface area contributed by atoms with Gasteiger partial charge in [0, 0.05) is 0 Å². The van der Waals surface area contributed by atoms with Gasteiger partial charge in [-0.15, -0.1) is 0 Å². The number of methoxy groups -OCH3 is 3. The van der Waals surface area contributed by atoms with Gasteiger partial charge in [0.05, 0.1) is 32.3 Å². The van der Waals surface area contributed by atoms with E-state index in [4.69, 9.17) is 18.6 Å². The van der Waals surface area contributed by atoms with Gasteiger partial charge in [0.25, 0.3) is 0 Å². The average Bonchev–Trinajstić information content (AvgIpc) is 2.61. The fourth-order valence-electron chi connectivity index (χ4n) is 2.56. The SMILES string of the molecule is COc1ccc(-c2coc3c(OC)c(O)ccc3c2=O)cc1OC. The normalized spacial score (nSPS) is 10.6. The minimum atomic E-state index is -0.234. The van der Waals surface area contributed by atoms with Crippen molar-refractivity contribution in [3.63, 3.8) is 0 Å². The van der Waals surface area contributed by atoms with Gasteiger partial charge in [-0.25, -0.2) is 0 Å². The van der Waals surface area contributed by atoms with Crippen LogP contribution >= 0.6 is 0 Å². The summed E-state index contributed by atoms with van der Waals surface area (Å²) in [6.07, 6.45) is 1.34. The molecule has 6 nitrogen and oxygen atoms in total. The van der Waals surface area contributed by atoms with E-state index in [1.54, 1.807) is 25.3 Å². The third kappa shape index (κ3) is 2.42. The third-order valence-electron chi connectivity index (χ3n) is 3.77. The van der Waals surface area contributed by atoms with Crippen LogP contribution in [0.5, 0.6) is 23.0 Å². The highest BCUT2D eigenvalue weighted by Crippen LogP contribution is 2.35. The predicted octanol–water partition coefficient (Wildman–Crippen LogP) is 3.19. The molecule has 0 saturated heterocycles. The van der Waals surface area contributed by atoms with Gasteiger partial charge in [0.2, 0.25) is 11.2 Å². The topological polar surface area (TPSA) is 78.1 Å². The molecule has 1 heterocycles. The van der Waals surface area contributed by atoms with Gasteiger partial charge < -0.3 is 23.7 Å². The Labute approximate surface area is 137 Å². The summed E-state index contributed by atoms with van der Waals surface area (Å²) in [5.41, 5.74) is 0.972. The van der Waals surface area contributed by atoms with Gasteiger partial charge in [0.15, 0.2) is 22.8 Å². The number of fused-ring (bicyclic) bond motifs is 1. The van der Waals surface area contributed by atoms with E-state index < -0.39 is 0 Å². The van der Waals surface area contributed by atoms with Crippen molar-refractivity contribution in [1.29, 1.82) is 0 Å². The zero-order chi connectivity index (χ0) is 17.3. The van der Waals surface area contributed by atoms with Crippen LogP contribution in [0, 0.1) is 0 Å². The highest BCUT2D eigenvalue weighted by molar-refractivity contribution is 5.88. The van der Waals surface area contributed by atoms with Crippen LogP contribution in [-0.2, 0) is 0 Å². The molecule has 3 aromatic rings. The Hall–Kier alpha value is -3.15. The minimum Gasteiger partial charge on any atom is -0.504 e. The van der Waals surface area contributed by atoms with E-state index in [9.17, 15) is 9.90 Å². The molecule has 0 aliphatic rings. The smallest absolute Gasteiger partial charge is 0.204 e. The van der Waals surface area contributed by atoms with Gasteiger partial charge in [-0.05, 0) is 29.8 Å². The predicted molar refractivity (Wildman–Crippen MR) is 89.2 cm³/mol. The zero-order valence-electron chi connectivity index (χ0n) is 13.5.